The second-order valence-electron chi connectivity index (χ2n) is 6.34. The second-order valence-corrected chi connectivity index (χ2v) is 6.34. The first-order chi connectivity index (χ1) is 11.3. The van der Waals surface area contributed by atoms with E-state index in [2.05, 4.69) is 15.3 Å². The third kappa shape index (κ3) is 3.53. The molecule has 0 bridgehead atoms. The van der Waals surface area contributed by atoms with Crippen LogP contribution in [0.4, 0.5) is 19.1 Å². The predicted octanol–water partition coefficient (Wildman–Crippen LogP) is 2.82. The number of aromatic amines is 1. The van der Waals surface area contributed by atoms with Gasteiger partial charge >= 0.3 is 6.18 Å². The van der Waals surface area contributed by atoms with E-state index in [-0.39, 0.29) is 37.3 Å². The van der Waals surface area contributed by atoms with Gasteiger partial charge < -0.3 is 10.4 Å². The molecule has 8 heteroatoms. The van der Waals surface area contributed by atoms with Gasteiger partial charge in [0.1, 0.15) is 0 Å². The van der Waals surface area contributed by atoms with Gasteiger partial charge in [0.15, 0.2) is 0 Å². The van der Waals surface area contributed by atoms with E-state index in [9.17, 15) is 23.1 Å². The number of fused-ring (bicyclic) bond motifs is 1. The zero-order chi connectivity index (χ0) is 17.4. The second kappa shape index (κ2) is 6.08. The first kappa shape index (κ1) is 16.8. The molecular weight excluding hydrogens is 323 g/mol. The van der Waals surface area contributed by atoms with Crippen LogP contribution in [-0.4, -0.2) is 33.4 Å². The number of aromatic nitrogens is 2. The number of rotatable bonds is 3. The molecule has 1 aromatic heterocycles. The van der Waals surface area contributed by atoms with E-state index in [1.807, 2.05) is 0 Å². The van der Waals surface area contributed by atoms with Gasteiger partial charge in [-0.15, -0.1) is 0 Å². The number of benzene rings is 1. The van der Waals surface area contributed by atoms with E-state index >= 15 is 0 Å². The molecule has 0 amide bonds. The van der Waals surface area contributed by atoms with Crippen LogP contribution >= 0.6 is 0 Å². The maximum atomic E-state index is 12.9. The van der Waals surface area contributed by atoms with Crippen molar-refractivity contribution in [2.24, 2.45) is 5.92 Å². The average molecular weight is 341 g/mol. The van der Waals surface area contributed by atoms with Crippen LogP contribution in [0.25, 0.3) is 10.9 Å². The Morgan fingerprint density at radius 1 is 1.38 bits per heavy atom. The van der Waals surface area contributed by atoms with Crippen LogP contribution in [0, 0.1) is 5.92 Å². The molecule has 0 spiro atoms. The summed E-state index contributed by atoms with van der Waals surface area (Å²) in [7, 11) is 0. The van der Waals surface area contributed by atoms with E-state index in [1.54, 1.807) is 24.3 Å². The van der Waals surface area contributed by atoms with E-state index in [1.165, 1.54) is 0 Å². The third-order valence-corrected chi connectivity index (χ3v) is 4.48. The SMILES string of the molecule is O=c1[nH]c(NCC2(O)CCCC(C(F)(F)F)C2)nc2ccccc12. The maximum Gasteiger partial charge on any atom is 0.391 e. The van der Waals surface area contributed by atoms with E-state index in [4.69, 9.17) is 0 Å². The number of alkyl halides is 3. The van der Waals surface area contributed by atoms with Crippen LogP contribution in [0.1, 0.15) is 25.7 Å². The Labute approximate surface area is 135 Å². The molecule has 2 unspecified atom stereocenters. The number of nitrogens with zero attached hydrogens (tertiary/aromatic N) is 1. The number of H-pyrrole nitrogens is 1. The lowest BCUT2D eigenvalue weighted by atomic mass is 9.77. The topological polar surface area (TPSA) is 78.0 Å². The molecule has 24 heavy (non-hydrogen) atoms. The number of hydrogen-bond donors (Lipinski definition) is 3. The summed E-state index contributed by atoms with van der Waals surface area (Å²) in [6.07, 6.45) is -4.02. The molecular formula is C16H18F3N3O2. The van der Waals surface area contributed by atoms with Crippen LogP contribution in [0.2, 0.25) is 0 Å². The average Bonchev–Trinajstić information content (AvgIpc) is 2.52. The molecule has 1 aliphatic carbocycles. The van der Waals surface area contributed by atoms with Crippen molar-refractivity contribution in [1.29, 1.82) is 0 Å². The Bertz CT molecular complexity index is 790. The lowest BCUT2D eigenvalue weighted by Gasteiger charge is -2.37. The Kier molecular flexibility index (Phi) is 4.25. The number of para-hydroxylation sites is 1. The summed E-state index contributed by atoms with van der Waals surface area (Å²) < 4.78 is 38.7. The van der Waals surface area contributed by atoms with Gasteiger partial charge in [0.25, 0.3) is 5.56 Å². The summed E-state index contributed by atoms with van der Waals surface area (Å²) in [4.78, 5) is 18.7. The molecule has 1 fully saturated rings. The minimum absolute atomic E-state index is 0.0386. The molecule has 0 aliphatic heterocycles. The number of nitrogens with one attached hydrogen (secondary N) is 2. The Morgan fingerprint density at radius 3 is 2.88 bits per heavy atom. The molecule has 1 heterocycles. The van der Waals surface area contributed by atoms with Crippen molar-refractivity contribution in [1.82, 2.24) is 9.97 Å². The van der Waals surface area contributed by atoms with Crippen LogP contribution in [-0.2, 0) is 0 Å². The van der Waals surface area contributed by atoms with Gasteiger partial charge in [-0.2, -0.15) is 13.2 Å². The van der Waals surface area contributed by atoms with Crippen molar-refractivity contribution < 1.29 is 18.3 Å². The van der Waals surface area contributed by atoms with E-state index in [0.717, 1.165) is 0 Å². The van der Waals surface area contributed by atoms with E-state index < -0.39 is 17.7 Å². The fourth-order valence-corrected chi connectivity index (χ4v) is 3.20. The predicted molar refractivity (Wildman–Crippen MR) is 83.8 cm³/mol. The Hall–Kier alpha value is -2.09. The zero-order valence-corrected chi connectivity index (χ0v) is 12.9. The van der Waals surface area contributed by atoms with Crippen molar-refractivity contribution in [2.45, 2.75) is 37.5 Å². The standard InChI is InChI=1S/C16H18F3N3O2/c17-16(18,19)10-4-3-7-15(24,8-10)9-20-14-21-12-6-2-1-5-11(12)13(23)22-14/h1-2,5-6,10,24H,3-4,7-9H2,(H2,20,21,22,23). The van der Waals surface area contributed by atoms with Crippen LogP contribution in [0.15, 0.2) is 29.1 Å². The van der Waals surface area contributed by atoms with Gasteiger partial charge in [-0.05, 0) is 37.8 Å². The fourth-order valence-electron chi connectivity index (χ4n) is 3.20. The number of halogens is 3. The van der Waals surface area contributed by atoms with Gasteiger partial charge in [0.2, 0.25) is 5.95 Å². The third-order valence-electron chi connectivity index (χ3n) is 4.48. The first-order valence-electron chi connectivity index (χ1n) is 7.79. The number of anilines is 1. The monoisotopic (exact) mass is 341 g/mol. The van der Waals surface area contributed by atoms with Crippen molar-refractivity contribution in [2.75, 3.05) is 11.9 Å². The highest BCUT2D eigenvalue weighted by molar-refractivity contribution is 5.78. The van der Waals surface area contributed by atoms with Gasteiger partial charge in [0, 0.05) is 6.54 Å². The maximum absolute atomic E-state index is 12.9. The van der Waals surface area contributed by atoms with Crippen LogP contribution in [0.3, 0.4) is 0 Å². The fraction of sp³-hybridized carbons (Fsp3) is 0.500. The lowest BCUT2D eigenvalue weighted by Crippen LogP contribution is -2.45. The van der Waals surface area contributed by atoms with Gasteiger partial charge in [0.05, 0.1) is 22.4 Å². The summed E-state index contributed by atoms with van der Waals surface area (Å²) >= 11 is 0. The molecule has 0 radical (unpaired) electrons. The summed E-state index contributed by atoms with van der Waals surface area (Å²) in [5.74, 6) is -1.36. The minimum atomic E-state index is -4.30. The highest BCUT2D eigenvalue weighted by atomic mass is 19.4. The summed E-state index contributed by atoms with van der Waals surface area (Å²) in [5, 5.41) is 13.7. The molecule has 5 nitrogen and oxygen atoms in total. The summed E-state index contributed by atoms with van der Waals surface area (Å²) in [6, 6.07) is 6.76. The van der Waals surface area contributed by atoms with Crippen molar-refractivity contribution in [3.05, 3.63) is 34.6 Å². The smallest absolute Gasteiger partial charge is 0.388 e. The largest absolute Gasteiger partial charge is 0.391 e. The molecule has 1 aromatic carbocycles. The van der Waals surface area contributed by atoms with E-state index in [0.29, 0.717) is 17.3 Å². The Balaban J connectivity index is 1.74. The van der Waals surface area contributed by atoms with Gasteiger partial charge in [-0.1, -0.05) is 12.1 Å². The first-order valence-corrected chi connectivity index (χ1v) is 7.79. The Morgan fingerprint density at radius 2 is 2.12 bits per heavy atom. The molecule has 3 rings (SSSR count). The van der Waals surface area contributed by atoms with Crippen molar-refractivity contribution in [3.63, 3.8) is 0 Å². The molecule has 2 aromatic rings. The zero-order valence-electron chi connectivity index (χ0n) is 12.9. The lowest BCUT2D eigenvalue weighted by molar-refractivity contribution is -0.199. The van der Waals surface area contributed by atoms with Crippen LogP contribution < -0.4 is 10.9 Å². The molecule has 1 saturated carbocycles. The highest BCUT2D eigenvalue weighted by Gasteiger charge is 2.46. The molecule has 2 atom stereocenters. The molecule has 130 valence electrons. The van der Waals surface area contributed by atoms with Crippen molar-refractivity contribution in [3.8, 4) is 0 Å². The minimum Gasteiger partial charge on any atom is -0.388 e. The normalized spacial score (nSPS) is 24.9. The summed E-state index contributed by atoms with van der Waals surface area (Å²) in [6.45, 7) is -0.0964. The highest BCUT2D eigenvalue weighted by Crippen LogP contribution is 2.41. The number of aliphatic hydroxyl groups is 1. The summed E-state index contributed by atoms with van der Waals surface area (Å²) in [5.41, 5.74) is -1.33. The molecule has 0 saturated heterocycles. The quantitative estimate of drug-likeness (QED) is 0.802. The van der Waals surface area contributed by atoms with Crippen LogP contribution in [0.5, 0.6) is 0 Å². The van der Waals surface area contributed by atoms with Gasteiger partial charge in [-0.25, -0.2) is 4.98 Å². The molecule has 3 N–H and O–H groups in total. The number of hydrogen-bond acceptors (Lipinski definition) is 4. The molecule has 1 aliphatic rings. The van der Waals surface area contributed by atoms with Gasteiger partial charge in [-0.3, -0.25) is 9.78 Å². The van der Waals surface area contributed by atoms with Crippen molar-refractivity contribution >= 4 is 16.9 Å².